The number of nitrogens with one attached hydrogen (secondary N) is 1. The Morgan fingerprint density at radius 3 is 2.36 bits per heavy atom. The molecule has 0 radical (unpaired) electrons. The Morgan fingerprint density at radius 2 is 1.59 bits per heavy atom. The van der Waals surface area contributed by atoms with Crippen LogP contribution in [0.2, 0.25) is 0 Å². The highest BCUT2D eigenvalue weighted by molar-refractivity contribution is 6.23. The summed E-state index contributed by atoms with van der Waals surface area (Å²) in [4.78, 5) is 26.6. The van der Waals surface area contributed by atoms with E-state index in [9.17, 15) is 9.59 Å². The maximum Gasteiger partial charge on any atom is 0.336 e. The number of carbonyl (C=O) groups is 2. The molecule has 2 aliphatic rings. The van der Waals surface area contributed by atoms with E-state index in [1.165, 1.54) is 12.5 Å². The van der Waals surface area contributed by atoms with Crippen LogP contribution in [0.1, 0.15) is 39.9 Å². The molecule has 1 aliphatic carbocycles. The number of rotatable bonds is 6. The van der Waals surface area contributed by atoms with Crippen LogP contribution in [0.4, 0.5) is 0 Å². The number of hydrogen-bond acceptors (Lipinski definition) is 6. The first-order valence-electron chi connectivity index (χ1n) is 12.7. The smallest absolute Gasteiger partial charge is 0.336 e. The molecule has 6 rings (SSSR count). The lowest BCUT2D eigenvalue weighted by Gasteiger charge is -2.29. The molecular formula is C33H27NO5. The number of esters is 1. The van der Waals surface area contributed by atoms with Gasteiger partial charge in [0.05, 0.1) is 25.5 Å². The van der Waals surface area contributed by atoms with E-state index in [0.717, 1.165) is 27.8 Å². The van der Waals surface area contributed by atoms with E-state index in [0.29, 0.717) is 40.5 Å². The van der Waals surface area contributed by atoms with Crippen LogP contribution < -0.4 is 14.8 Å². The number of carbonyl (C=O) groups excluding carboxylic acids is 2. The van der Waals surface area contributed by atoms with E-state index in [4.69, 9.17) is 14.2 Å². The van der Waals surface area contributed by atoms with Gasteiger partial charge in [0.15, 0.2) is 17.3 Å². The zero-order valence-corrected chi connectivity index (χ0v) is 21.9. The second kappa shape index (κ2) is 9.80. The number of Topliss-reactive ketones (excluding diaryl/α,β-unsaturated/α-hetero) is 1. The molecule has 0 saturated heterocycles. The molecule has 6 heteroatoms. The second-order valence-corrected chi connectivity index (χ2v) is 9.63. The number of methoxy groups -OCH3 is 2. The molecule has 0 unspecified atom stereocenters. The first kappa shape index (κ1) is 24.5. The van der Waals surface area contributed by atoms with E-state index < -0.39 is 11.9 Å². The average Bonchev–Trinajstić information content (AvgIpc) is 3.25. The normalized spacial score (nSPS) is 16.1. The van der Waals surface area contributed by atoms with Crippen molar-refractivity contribution in [3.05, 3.63) is 124 Å². The fourth-order valence-corrected chi connectivity index (χ4v) is 5.52. The molecule has 0 spiro atoms. The number of allylic oxidation sites excluding steroid dienone is 2. The van der Waals surface area contributed by atoms with Crippen molar-refractivity contribution < 1.29 is 23.8 Å². The van der Waals surface area contributed by atoms with Crippen LogP contribution in [0.15, 0.2) is 102 Å². The van der Waals surface area contributed by atoms with Crippen LogP contribution in [0.25, 0.3) is 16.5 Å². The summed E-state index contributed by atoms with van der Waals surface area (Å²) < 4.78 is 17.0. The summed E-state index contributed by atoms with van der Waals surface area (Å²) in [7, 11) is 2.92. The number of dihydropyridines is 1. The third-order valence-corrected chi connectivity index (χ3v) is 7.38. The predicted octanol–water partition coefficient (Wildman–Crippen LogP) is 6.17. The predicted molar refractivity (Wildman–Crippen MR) is 150 cm³/mol. The van der Waals surface area contributed by atoms with E-state index >= 15 is 0 Å². The lowest BCUT2D eigenvalue weighted by atomic mass is 9.79. The van der Waals surface area contributed by atoms with Crippen molar-refractivity contribution in [2.75, 3.05) is 14.2 Å². The lowest BCUT2D eigenvalue weighted by Crippen LogP contribution is -2.29. The van der Waals surface area contributed by atoms with Gasteiger partial charge in [-0.2, -0.15) is 0 Å². The molecule has 6 nitrogen and oxygen atoms in total. The van der Waals surface area contributed by atoms with Crippen LogP contribution in [-0.4, -0.2) is 26.0 Å². The van der Waals surface area contributed by atoms with Crippen LogP contribution in [0, 0.1) is 0 Å². The number of benzene rings is 4. The molecule has 0 fully saturated rings. The summed E-state index contributed by atoms with van der Waals surface area (Å²) >= 11 is 0. The first-order valence-corrected chi connectivity index (χ1v) is 12.7. The van der Waals surface area contributed by atoms with E-state index in [-0.39, 0.29) is 5.78 Å². The Bertz CT molecular complexity index is 1710. The van der Waals surface area contributed by atoms with Crippen LogP contribution >= 0.6 is 0 Å². The van der Waals surface area contributed by atoms with Crippen molar-refractivity contribution in [2.24, 2.45) is 0 Å². The zero-order chi connectivity index (χ0) is 27.1. The molecule has 1 atom stereocenters. The molecule has 39 heavy (non-hydrogen) atoms. The summed E-state index contributed by atoms with van der Waals surface area (Å²) in [6, 6.07) is 27.4. The van der Waals surface area contributed by atoms with E-state index in [2.05, 4.69) is 29.6 Å². The lowest BCUT2D eigenvalue weighted by molar-refractivity contribution is -0.136. The van der Waals surface area contributed by atoms with Crippen LogP contribution in [0.3, 0.4) is 0 Å². The number of ketones is 1. The second-order valence-electron chi connectivity index (χ2n) is 9.63. The fourth-order valence-electron chi connectivity index (χ4n) is 5.52. The minimum Gasteiger partial charge on any atom is -0.493 e. The van der Waals surface area contributed by atoms with Crippen molar-refractivity contribution >= 4 is 28.2 Å². The van der Waals surface area contributed by atoms with Gasteiger partial charge in [-0.15, -0.1) is 0 Å². The Hall–Kier alpha value is -4.84. The van der Waals surface area contributed by atoms with Crippen molar-refractivity contribution in [3.63, 3.8) is 0 Å². The van der Waals surface area contributed by atoms with E-state index in [1.54, 1.807) is 7.11 Å². The molecule has 194 valence electrons. The standard InChI is InChI=1S/C33H27NO5/c1-19-28(33(36)38-3)29(30-31(34-19)24-10-6-7-11-25(24)32(30)35)23-14-15-26(27(17-23)37-2)39-18-20-12-13-21-8-4-5-9-22(21)16-20/h4-17,29,34H,18H2,1-3H3/t29-/m0/s1. The summed E-state index contributed by atoms with van der Waals surface area (Å²) in [5.41, 5.74) is 5.49. The maximum atomic E-state index is 13.6. The van der Waals surface area contributed by atoms with Gasteiger partial charge in [-0.05, 0) is 47.0 Å². The van der Waals surface area contributed by atoms with Gasteiger partial charge >= 0.3 is 5.97 Å². The highest BCUT2D eigenvalue weighted by Crippen LogP contribution is 2.48. The number of hydrogen-bond donors (Lipinski definition) is 1. The van der Waals surface area contributed by atoms with Crippen LogP contribution in [0.5, 0.6) is 11.5 Å². The summed E-state index contributed by atoms with van der Waals surface area (Å²) in [6.45, 7) is 2.19. The van der Waals surface area contributed by atoms with Crippen molar-refractivity contribution in [1.29, 1.82) is 0 Å². The van der Waals surface area contributed by atoms with Crippen molar-refractivity contribution in [1.82, 2.24) is 5.32 Å². The maximum absolute atomic E-state index is 13.6. The quantitative estimate of drug-likeness (QED) is 0.309. The summed E-state index contributed by atoms with van der Waals surface area (Å²) in [5, 5.41) is 5.62. The molecule has 4 aromatic rings. The Morgan fingerprint density at radius 1 is 0.846 bits per heavy atom. The Kier molecular flexibility index (Phi) is 6.15. The van der Waals surface area contributed by atoms with Crippen molar-refractivity contribution in [3.8, 4) is 11.5 Å². The molecular weight excluding hydrogens is 490 g/mol. The molecule has 4 aromatic carbocycles. The molecule has 0 aromatic heterocycles. The largest absolute Gasteiger partial charge is 0.493 e. The van der Waals surface area contributed by atoms with Gasteiger partial charge in [0.2, 0.25) is 0 Å². The molecule has 1 heterocycles. The third-order valence-electron chi connectivity index (χ3n) is 7.38. The highest BCUT2D eigenvalue weighted by Gasteiger charge is 2.43. The minimum atomic E-state index is -0.628. The van der Waals surface area contributed by atoms with Gasteiger partial charge in [0.25, 0.3) is 0 Å². The van der Waals surface area contributed by atoms with E-state index in [1.807, 2.05) is 67.6 Å². The molecule has 1 aliphatic heterocycles. The highest BCUT2D eigenvalue weighted by atomic mass is 16.5. The monoisotopic (exact) mass is 517 g/mol. The summed E-state index contributed by atoms with van der Waals surface area (Å²) in [6.07, 6.45) is 0. The Balaban J connectivity index is 1.37. The zero-order valence-electron chi connectivity index (χ0n) is 21.9. The molecule has 0 saturated carbocycles. The minimum absolute atomic E-state index is 0.109. The van der Waals surface area contributed by atoms with Gasteiger partial charge < -0.3 is 19.5 Å². The van der Waals surface area contributed by atoms with Gasteiger partial charge in [0.1, 0.15) is 6.61 Å². The van der Waals surface area contributed by atoms with Gasteiger partial charge in [-0.3, -0.25) is 4.79 Å². The first-order chi connectivity index (χ1) is 19.0. The number of fused-ring (bicyclic) bond motifs is 3. The molecule has 1 N–H and O–H groups in total. The SMILES string of the molecule is COC(=O)C1=C(C)NC2=C(C(=O)c3ccccc32)[C@H]1c1ccc(OCc2ccc3ccccc3c2)c(OC)c1. The number of ether oxygens (including phenoxy) is 3. The van der Waals surface area contributed by atoms with Gasteiger partial charge in [0, 0.05) is 28.3 Å². The summed E-state index contributed by atoms with van der Waals surface area (Å²) in [5.74, 6) is -0.145. The molecule has 0 bridgehead atoms. The van der Waals surface area contributed by atoms with Gasteiger partial charge in [-0.1, -0.05) is 66.7 Å². The Labute approximate surface area is 226 Å². The van der Waals surface area contributed by atoms with Crippen LogP contribution in [-0.2, 0) is 16.1 Å². The third kappa shape index (κ3) is 4.14. The fraction of sp³-hybridized carbons (Fsp3) is 0.152. The molecule has 0 amide bonds. The van der Waals surface area contributed by atoms with Gasteiger partial charge in [-0.25, -0.2) is 4.79 Å². The topological polar surface area (TPSA) is 73.9 Å². The van der Waals surface area contributed by atoms with Crippen molar-refractivity contribution in [2.45, 2.75) is 19.4 Å². The average molecular weight is 518 g/mol.